The van der Waals surface area contributed by atoms with Crippen LogP contribution in [0.5, 0.6) is 0 Å². The summed E-state index contributed by atoms with van der Waals surface area (Å²) in [5.74, 6) is -2.96. The van der Waals surface area contributed by atoms with Crippen LogP contribution in [0.15, 0.2) is 55.0 Å². The molecule has 0 saturated carbocycles. The van der Waals surface area contributed by atoms with Crippen molar-refractivity contribution < 1.29 is 18.3 Å². The second-order valence-corrected chi connectivity index (χ2v) is 8.78. The first-order chi connectivity index (χ1) is 17.3. The van der Waals surface area contributed by atoms with Gasteiger partial charge in [0.05, 0.1) is 50.1 Å². The molecule has 2 aliphatic heterocycles. The number of aromatic nitrogens is 2. The minimum Gasteiger partial charge on any atom is -0.398 e. The Morgan fingerprint density at radius 2 is 1.81 bits per heavy atom. The van der Waals surface area contributed by atoms with E-state index in [-0.39, 0.29) is 24.4 Å². The molecule has 0 radical (unpaired) electrons. The number of nitrogens with zero attached hydrogens (tertiary/aromatic N) is 4. The Morgan fingerprint density at radius 1 is 1.03 bits per heavy atom. The summed E-state index contributed by atoms with van der Waals surface area (Å²) in [5.41, 5.74) is 9.31. The first kappa shape index (κ1) is 23.6. The van der Waals surface area contributed by atoms with Gasteiger partial charge in [0, 0.05) is 36.1 Å². The molecule has 2 fully saturated rings. The molecule has 36 heavy (non-hydrogen) atoms. The van der Waals surface area contributed by atoms with E-state index in [4.69, 9.17) is 15.9 Å². The van der Waals surface area contributed by atoms with Crippen LogP contribution >= 0.6 is 0 Å². The molecule has 186 valence electrons. The molecule has 2 aliphatic rings. The van der Waals surface area contributed by atoms with Crippen LogP contribution < -0.4 is 20.9 Å². The number of rotatable bonds is 6. The van der Waals surface area contributed by atoms with Gasteiger partial charge >= 0.3 is 0 Å². The van der Waals surface area contributed by atoms with Gasteiger partial charge in [-0.15, -0.1) is 0 Å². The lowest BCUT2D eigenvalue weighted by Crippen LogP contribution is -2.56. The van der Waals surface area contributed by atoms with Gasteiger partial charge in [0.25, 0.3) is 11.8 Å². The monoisotopic (exact) mass is 493 g/mol. The van der Waals surface area contributed by atoms with Crippen molar-refractivity contribution in [2.45, 2.75) is 5.92 Å². The van der Waals surface area contributed by atoms with Crippen LogP contribution in [-0.4, -0.2) is 66.9 Å². The van der Waals surface area contributed by atoms with Gasteiger partial charge in [-0.05, 0) is 35.9 Å². The van der Waals surface area contributed by atoms with Crippen molar-refractivity contribution in [2.75, 3.05) is 60.2 Å². The lowest BCUT2D eigenvalue weighted by atomic mass is 9.99. The lowest BCUT2D eigenvalue weighted by molar-refractivity contribution is -0.110. The summed E-state index contributed by atoms with van der Waals surface area (Å²) in [6.07, 6.45) is 4.90. The van der Waals surface area contributed by atoms with Gasteiger partial charge in [-0.1, -0.05) is 6.07 Å². The summed E-state index contributed by atoms with van der Waals surface area (Å²) < 4.78 is 31.6. The number of nitrogens with one attached hydrogen (secondary N) is 2. The Labute approximate surface area is 206 Å². The van der Waals surface area contributed by atoms with E-state index in [0.29, 0.717) is 30.4 Å². The molecule has 0 atom stereocenters. The topological polar surface area (TPSA) is 120 Å². The number of morpholine rings is 1. The van der Waals surface area contributed by atoms with Crippen molar-refractivity contribution in [1.82, 2.24) is 9.97 Å². The number of carbonyl (C=O) groups excluding carboxylic acids is 1. The highest BCUT2D eigenvalue weighted by Gasteiger charge is 2.44. The van der Waals surface area contributed by atoms with Crippen molar-refractivity contribution in [3.8, 4) is 11.1 Å². The van der Waals surface area contributed by atoms with E-state index in [0.717, 1.165) is 29.9 Å². The highest BCUT2D eigenvalue weighted by molar-refractivity contribution is 6.48. The number of pyridine rings is 2. The summed E-state index contributed by atoms with van der Waals surface area (Å²) in [6, 6.07) is 10.3. The first-order valence-corrected chi connectivity index (χ1v) is 11.5. The van der Waals surface area contributed by atoms with Crippen molar-refractivity contribution in [3.05, 3.63) is 60.6 Å². The minimum atomic E-state index is -2.70. The summed E-state index contributed by atoms with van der Waals surface area (Å²) in [5, 5.41) is 11.1. The van der Waals surface area contributed by atoms with Crippen LogP contribution in [0.3, 0.4) is 0 Å². The van der Waals surface area contributed by atoms with Gasteiger partial charge in [-0.3, -0.25) is 15.2 Å². The molecule has 2 aromatic heterocycles. The minimum absolute atomic E-state index is 0.286. The van der Waals surface area contributed by atoms with Gasteiger partial charge in [0.2, 0.25) is 0 Å². The van der Waals surface area contributed by atoms with Crippen molar-refractivity contribution in [3.63, 3.8) is 0 Å². The number of halogens is 2. The highest BCUT2D eigenvalue weighted by Crippen LogP contribution is 2.31. The average molecular weight is 494 g/mol. The number of ether oxygens (including phenoxy) is 1. The number of nitrogen functional groups attached to an aromatic ring is 1. The van der Waals surface area contributed by atoms with Crippen LogP contribution in [0.25, 0.3) is 11.1 Å². The number of benzene rings is 1. The highest BCUT2D eigenvalue weighted by atomic mass is 19.3. The van der Waals surface area contributed by atoms with E-state index in [2.05, 4.69) is 20.2 Å². The standard InChI is InChI=1S/C25H25F2N7O2/c26-25(27)14-34(15-25)22-4-2-18(12-31-22)32-24(35)23(29)20-10-16(1-3-21(20)28)17-9-19(13-30-11-17)33-5-7-36-8-6-33/h1-4,9-13,29H,5-8,14-15,28H2,(H,32,35). The molecule has 2 saturated heterocycles. The van der Waals surface area contributed by atoms with E-state index < -0.39 is 11.8 Å². The van der Waals surface area contributed by atoms with E-state index in [1.54, 1.807) is 36.7 Å². The number of alkyl halides is 2. The third-order valence-electron chi connectivity index (χ3n) is 6.16. The smallest absolute Gasteiger partial charge is 0.282 e. The molecule has 5 rings (SSSR count). The second-order valence-electron chi connectivity index (χ2n) is 8.78. The summed E-state index contributed by atoms with van der Waals surface area (Å²) in [7, 11) is 0. The second kappa shape index (κ2) is 9.50. The maximum absolute atomic E-state index is 13.1. The van der Waals surface area contributed by atoms with E-state index in [1.165, 1.54) is 11.1 Å². The van der Waals surface area contributed by atoms with Crippen molar-refractivity contribution in [2.24, 2.45) is 0 Å². The Hall–Kier alpha value is -4.12. The zero-order chi connectivity index (χ0) is 25.3. The predicted molar refractivity (Wildman–Crippen MR) is 134 cm³/mol. The number of carbonyl (C=O) groups is 1. The zero-order valence-electron chi connectivity index (χ0n) is 19.4. The molecule has 4 N–H and O–H groups in total. The number of anilines is 4. The first-order valence-electron chi connectivity index (χ1n) is 11.5. The fraction of sp³-hybridized carbons (Fsp3) is 0.280. The molecule has 3 aromatic rings. The summed E-state index contributed by atoms with van der Waals surface area (Å²) in [4.78, 5) is 24.9. The quantitative estimate of drug-likeness (QED) is 0.357. The molecule has 0 aliphatic carbocycles. The fourth-order valence-corrected chi connectivity index (χ4v) is 4.17. The molecule has 1 aromatic carbocycles. The van der Waals surface area contributed by atoms with Crippen molar-refractivity contribution >= 4 is 34.5 Å². The van der Waals surface area contributed by atoms with Gasteiger partial charge in [0.15, 0.2) is 0 Å². The number of amides is 1. The van der Waals surface area contributed by atoms with Gasteiger partial charge in [0.1, 0.15) is 11.5 Å². The van der Waals surface area contributed by atoms with Crippen LogP contribution in [-0.2, 0) is 9.53 Å². The zero-order valence-corrected chi connectivity index (χ0v) is 19.4. The average Bonchev–Trinajstić information content (AvgIpc) is 2.88. The van der Waals surface area contributed by atoms with Crippen LogP contribution in [0.2, 0.25) is 0 Å². The molecule has 1 amide bonds. The molecule has 9 nitrogen and oxygen atoms in total. The molecule has 0 spiro atoms. The maximum atomic E-state index is 13.1. The van der Waals surface area contributed by atoms with E-state index in [9.17, 15) is 13.6 Å². The molecular formula is C25H25F2N7O2. The van der Waals surface area contributed by atoms with Crippen LogP contribution in [0, 0.1) is 5.41 Å². The third kappa shape index (κ3) is 4.96. The molecule has 0 bridgehead atoms. The fourth-order valence-electron chi connectivity index (χ4n) is 4.17. The Balaban J connectivity index is 1.30. The Morgan fingerprint density at radius 3 is 2.50 bits per heavy atom. The Bertz CT molecular complexity index is 1290. The SMILES string of the molecule is N=C(C(=O)Nc1ccc(N2CC(F)(F)C2)nc1)c1cc(-c2cncc(N3CCOCC3)c2)ccc1N. The molecule has 0 unspecified atom stereocenters. The van der Waals surface area contributed by atoms with Gasteiger partial charge in [-0.25, -0.2) is 13.8 Å². The molecule has 4 heterocycles. The van der Waals surface area contributed by atoms with Gasteiger partial charge in [-0.2, -0.15) is 0 Å². The summed E-state index contributed by atoms with van der Waals surface area (Å²) in [6.45, 7) is 2.13. The number of hydrogen-bond donors (Lipinski definition) is 3. The van der Waals surface area contributed by atoms with Gasteiger partial charge < -0.3 is 25.6 Å². The van der Waals surface area contributed by atoms with Crippen LogP contribution in [0.4, 0.5) is 31.7 Å². The maximum Gasteiger partial charge on any atom is 0.282 e. The van der Waals surface area contributed by atoms with E-state index >= 15 is 0 Å². The normalized spacial score (nSPS) is 16.8. The largest absolute Gasteiger partial charge is 0.398 e. The molecular weight excluding hydrogens is 468 g/mol. The lowest BCUT2D eigenvalue weighted by Gasteiger charge is -2.39. The third-order valence-corrected chi connectivity index (χ3v) is 6.16. The predicted octanol–water partition coefficient (Wildman–Crippen LogP) is 3.02. The summed E-state index contributed by atoms with van der Waals surface area (Å²) >= 11 is 0. The van der Waals surface area contributed by atoms with Crippen molar-refractivity contribution in [1.29, 1.82) is 5.41 Å². The number of nitrogens with two attached hydrogens (primary N) is 1. The molecule has 11 heteroatoms. The number of hydrogen-bond acceptors (Lipinski definition) is 8. The van der Waals surface area contributed by atoms with Crippen LogP contribution in [0.1, 0.15) is 5.56 Å². The van der Waals surface area contributed by atoms with E-state index in [1.807, 2.05) is 12.1 Å². The Kier molecular flexibility index (Phi) is 6.23.